The Bertz CT molecular complexity index is 191. The maximum absolute atomic E-state index is 10.1. The topological polar surface area (TPSA) is 20.2 Å². The summed E-state index contributed by atoms with van der Waals surface area (Å²) in [5.41, 5.74) is 1.15. The van der Waals surface area contributed by atoms with Crippen LogP contribution in [0.1, 0.15) is 39.0 Å². The van der Waals surface area contributed by atoms with E-state index in [0.29, 0.717) is 5.92 Å². The van der Waals surface area contributed by atoms with Crippen molar-refractivity contribution in [3.8, 4) is 0 Å². The zero-order valence-electron chi connectivity index (χ0n) is 7.14. The van der Waals surface area contributed by atoms with E-state index < -0.39 is 0 Å². The third-order valence-corrected chi connectivity index (χ3v) is 3.09. The lowest BCUT2D eigenvalue weighted by Crippen LogP contribution is -2.32. The average molecular weight is 152 g/mol. The standard InChI is InChI=1S/C10H16O/c1-8-4-6-10(11,7-5-8)9-2-3-9/h4,9,11H,2-3,5-7H2,1H3/t10-/m1/s1. The Labute approximate surface area is 68.1 Å². The third kappa shape index (κ3) is 1.34. The fourth-order valence-corrected chi connectivity index (χ4v) is 1.96. The van der Waals surface area contributed by atoms with E-state index in [9.17, 15) is 5.11 Å². The smallest absolute Gasteiger partial charge is 0.0713 e. The molecule has 11 heavy (non-hydrogen) atoms. The molecule has 0 aromatic heterocycles. The van der Waals surface area contributed by atoms with E-state index in [1.54, 1.807) is 0 Å². The van der Waals surface area contributed by atoms with Crippen LogP contribution in [0.5, 0.6) is 0 Å². The van der Waals surface area contributed by atoms with Gasteiger partial charge in [0.2, 0.25) is 0 Å². The molecule has 2 aliphatic carbocycles. The molecule has 1 fully saturated rings. The van der Waals surface area contributed by atoms with E-state index in [4.69, 9.17) is 0 Å². The number of rotatable bonds is 1. The van der Waals surface area contributed by atoms with Crippen LogP contribution in [0.25, 0.3) is 0 Å². The van der Waals surface area contributed by atoms with Gasteiger partial charge >= 0.3 is 0 Å². The Balaban J connectivity index is 2.05. The Morgan fingerprint density at radius 3 is 2.73 bits per heavy atom. The van der Waals surface area contributed by atoms with E-state index >= 15 is 0 Å². The molecule has 0 saturated heterocycles. The van der Waals surface area contributed by atoms with Crippen molar-refractivity contribution in [1.29, 1.82) is 0 Å². The molecule has 0 aliphatic heterocycles. The first-order valence-electron chi connectivity index (χ1n) is 4.59. The molecule has 0 bridgehead atoms. The second-order valence-electron chi connectivity index (χ2n) is 4.13. The summed E-state index contributed by atoms with van der Waals surface area (Å²) < 4.78 is 0. The van der Waals surface area contributed by atoms with E-state index in [1.165, 1.54) is 18.4 Å². The Hall–Kier alpha value is -0.300. The zero-order chi connectivity index (χ0) is 7.90. The van der Waals surface area contributed by atoms with Crippen molar-refractivity contribution in [1.82, 2.24) is 0 Å². The first-order valence-corrected chi connectivity index (χ1v) is 4.59. The van der Waals surface area contributed by atoms with Crippen molar-refractivity contribution in [2.75, 3.05) is 0 Å². The molecule has 2 rings (SSSR count). The highest BCUT2D eigenvalue weighted by atomic mass is 16.3. The summed E-state index contributed by atoms with van der Waals surface area (Å²) in [6.45, 7) is 2.16. The third-order valence-electron chi connectivity index (χ3n) is 3.09. The van der Waals surface area contributed by atoms with E-state index in [1.807, 2.05) is 0 Å². The molecular weight excluding hydrogens is 136 g/mol. The summed E-state index contributed by atoms with van der Waals surface area (Å²) >= 11 is 0. The summed E-state index contributed by atoms with van der Waals surface area (Å²) in [6.07, 6.45) is 7.73. The van der Waals surface area contributed by atoms with E-state index in [0.717, 1.165) is 19.3 Å². The van der Waals surface area contributed by atoms with Crippen molar-refractivity contribution < 1.29 is 5.11 Å². The van der Waals surface area contributed by atoms with Crippen LogP contribution in [0, 0.1) is 5.92 Å². The lowest BCUT2D eigenvalue weighted by atomic mass is 9.82. The monoisotopic (exact) mass is 152 g/mol. The molecule has 0 heterocycles. The molecule has 1 atom stereocenters. The summed E-state index contributed by atoms with van der Waals surface area (Å²) in [4.78, 5) is 0. The maximum Gasteiger partial charge on any atom is 0.0713 e. The number of allylic oxidation sites excluding steroid dienone is 1. The minimum absolute atomic E-state index is 0.306. The molecule has 1 saturated carbocycles. The molecule has 0 amide bonds. The van der Waals surface area contributed by atoms with Gasteiger partial charge in [0, 0.05) is 0 Å². The minimum atomic E-state index is -0.306. The van der Waals surface area contributed by atoms with Crippen molar-refractivity contribution in [3.63, 3.8) is 0 Å². The van der Waals surface area contributed by atoms with E-state index in [-0.39, 0.29) is 5.60 Å². The van der Waals surface area contributed by atoms with Crippen LogP contribution in [-0.2, 0) is 0 Å². The fourth-order valence-electron chi connectivity index (χ4n) is 1.96. The van der Waals surface area contributed by atoms with Crippen LogP contribution in [0.15, 0.2) is 11.6 Å². The molecule has 0 aromatic rings. The summed E-state index contributed by atoms with van der Waals surface area (Å²) in [6, 6.07) is 0. The zero-order valence-corrected chi connectivity index (χ0v) is 7.14. The van der Waals surface area contributed by atoms with Gasteiger partial charge in [-0.15, -0.1) is 0 Å². The quantitative estimate of drug-likeness (QED) is 0.571. The second-order valence-corrected chi connectivity index (χ2v) is 4.13. The van der Waals surface area contributed by atoms with Crippen molar-refractivity contribution in [2.24, 2.45) is 5.92 Å². The molecule has 1 nitrogen and oxygen atoms in total. The molecular formula is C10H16O. The minimum Gasteiger partial charge on any atom is -0.389 e. The normalized spacial score (nSPS) is 38.5. The van der Waals surface area contributed by atoms with Gasteiger partial charge in [-0.3, -0.25) is 0 Å². The van der Waals surface area contributed by atoms with Gasteiger partial charge in [-0.2, -0.15) is 0 Å². The molecule has 62 valence electrons. The second kappa shape index (κ2) is 2.34. The SMILES string of the molecule is CC1=CC[C@](O)(C2CC2)CC1. The highest BCUT2D eigenvalue weighted by Crippen LogP contribution is 2.46. The van der Waals surface area contributed by atoms with Crippen molar-refractivity contribution >= 4 is 0 Å². The fraction of sp³-hybridized carbons (Fsp3) is 0.800. The average Bonchev–Trinajstić information content (AvgIpc) is 2.77. The van der Waals surface area contributed by atoms with Crippen LogP contribution in [-0.4, -0.2) is 10.7 Å². The number of aliphatic hydroxyl groups is 1. The van der Waals surface area contributed by atoms with Gasteiger partial charge in [-0.1, -0.05) is 11.6 Å². The summed E-state index contributed by atoms with van der Waals surface area (Å²) in [5, 5.41) is 10.1. The number of hydrogen-bond acceptors (Lipinski definition) is 1. The van der Waals surface area contributed by atoms with Gasteiger partial charge in [-0.05, 0) is 44.9 Å². The Kier molecular flexibility index (Phi) is 1.57. The van der Waals surface area contributed by atoms with Crippen LogP contribution in [0.2, 0.25) is 0 Å². The van der Waals surface area contributed by atoms with E-state index in [2.05, 4.69) is 13.0 Å². The summed E-state index contributed by atoms with van der Waals surface area (Å²) in [7, 11) is 0. The lowest BCUT2D eigenvalue weighted by molar-refractivity contribution is 0.00771. The van der Waals surface area contributed by atoms with Gasteiger partial charge < -0.3 is 5.11 Å². The molecule has 1 heteroatoms. The molecule has 0 aromatic carbocycles. The molecule has 1 N–H and O–H groups in total. The van der Waals surface area contributed by atoms with Gasteiger partial charge in [0.15, 0.2) is 0 Å². The van der Waals surface area contributed by atoms with Crippen LogP contribution >= 0.6 is 0 Å². The summed E-state index contributed by atoms with van der Waals surface area (Å²) in [5.74, 6) is 0.631. The van der Waals surface area contributed by atoms with Gasteiger partial charge in [0.25, 0.3) is 0 Å². The predicted molar refractivity (Wildman–Crippen MR) is 45.3 cm³/mol. The van der Waals surface area contributed by atoms with Gasteiger partial charge in [0.05, 0.1) is 5.60 Å². The maximum atomic E-state index is 10.1. The van der Waals surface area contributed by atoms with Gasteiger partial charge in [-0.25, -0.2) is 0 Å². The molecule has 0 radical (unpaired) electrons. The molecule has 2 aliphatic rings. The van der Waals surface area contributed by atoms with Crippen LogP contribution in [0.3, 0.4) is 0 Å². The molecule has 0 spiro atoms. The molecule has 0 unspecified atom stereocenters. The van der Waals surface area contributed by atoms with Crippen LogP contribution < -0.4 is 0 Å². The van der Waals surface area contributed by atoms with Crippen molar-refractivity contribution in [3.05, 3.63) is 11.6 Å². The highest BCUT2D eigenvalue weighted by Gasteiger charge is 2.43. The highest BCUT2D eigenvalue weighted by molar-refractivity contribution is 5.11. The Morgan fingerprint density at radius 1 is 1.55 bits per heavy atom. The first-order chi connectivity index (χ1) is 5.21. The lowest BCUT2D eigenvalue weighted by Gasteiger charge is -2.30. The first kappa shape index (κ1) is 7.35. The largest absolute Gasteiger partial charge is 0.389 e. The number of hydrogen-bond donors (Lipinski definition) is 1. The predicted octanol–water partition coefficient (Wildman–Crippen LogP) is 2.26. The van der Waals surface area contributed by atoms with Crippen molar-refractivity contribution in [2.45, 2.75) is 44.6 Å². The Morgan fingerprint density at radius 2 is 2.27 bits per heavy atom. The van der Waals surface area contributed by atoms with Crippen LogP contribution in [0.4, 0.5) is 0 Å². The van der Waals surface area contributed by atoms with Gasteiger partial charge in [0.1, 0.15) is 0 Å².